The van der Waals surface area contributed by atoms with Crippen molar-refractivity contribution in [1.29, 1.82) is 0 Å². The summed E-state index contributed by atoms with van der Waals surface area (Å²) in [6.07, 6.45) is 4.15. The summed E-state index contributed by atoms with van der Waals surface area (Å²) in [5.74, 6) is -1.51. The third kappa shape index (κ3) is 4.58. The fraction of sp³-hybridized carbons (Fsp3) is 0.333. The Bertz CT molecular complexity index is 680. The zero-order valence-corrected chi connectivity index (χ0v) is 13.7. The monoisotopic (exact) mass is 334 g/mol. The third-order valence-corrected chi connectivity index (χ3v) is 3.82. The molecule has 0 aliphatic heterocycles. The number of methoxy groups -OCH3 is 1. The Kier molecular flexibility index (Phi) is 6.37. The lowest BCUT2D eigenvalue weighted by atomic mass is 9.98. The Morgan fingerprint density at radius 1 is 1.33 bits per heavy atom. The van der Waals surface area contributed by atoms with Crippen LogP contribution in [-0.4, -0.2) is 36.6 Å². The summed E-state index contributed by atoms with van der Waals surface area (Å²) >= 11 is 0. The van der Waals surface area contributed by atoms with Crippen LogP contribution >= 0.6 is 0 Å². The lowest BCUT2D eigenvalue weighted by Crippen LogP contribution is -2.28. The minimum atomic E-state index is -0.616. The molecule has 6 heteroatoms. The minimum Gasteiger partial charge on any atom is -0.469 e. The van der Waals surface area contributed by atoms with Crippen LogP contribution in [-0.2, 0) is 9.53 Å². The molecule has 1 atom stereocenters. The Balaban J connectivity index is 2.25. The molecule has 0 saturated carbocycles. The highest BCUT2D eigenvalue weighted by Crippen LogP contribution is 2.29. The molecule has 0 N–H and O–H groups in total. The van der Waals surface area contributed by atoms with Crippen molar-refractivity contribution in [3.8, 4) is 0 Å². The molecule has 1 heterocycles. The molecule has 128 valence electrons. The van der Waals surface area contributed by atoms with Crippen molar-refractivity contribution < 1.29 is 18.3 Å². The predicted molar refractivity (Wildman–Crippen MR) is 86.3 cm³/mol. The van der Waals surface area contributed by atoms with Crippen LogP contribution in [0.4, 0.5) is 8.78 Å². The number of rotatable bonds is 7. The van der Waals surface area contributed by atoms with Gasteiger partial charge in [0.2, 0.25) is 0 Å². The molecule has 0 bridgehead atoms. The van der Waals surface area contributed by atoms with E-state index in [9.17, 15) is 13.6 Å². The molecule has 2 aromatic rings. The number of halogens is 2. The molecular weight excluding hydrogens is 314 g/mol. The summed E-state index contributed by atoms with van der Waals surface area (Å²) in [5.41, 5.74) is 1.16. The quantitative estimate of drug-likeness (QED) is 0.729. The van der Waals surface area contributed by atoms with Gasteiger partial charge in [0.15, 0.2) is 0 Å². The number of carbonyl (C=O) groups excluding carboxylic acids is 1. The molecule has 4 nitrogen and oxygen atoms in total. The maximum atomic E-state index is 14.3. The van der Waals surface area contributed by atoms with E-state index < -0.39 is 17.7 Å². The molecule has 0 radical (unpaired) electrons. The smallest absolute Gasteiger partial charge is 0.305 e. The zero-order valence-electron chi connectivity index (χ0n) is 13.7. The van der Waals surface area contributed by atoms with E-state index in [0.717, 1.165) is 11.6 Å². The largest absolute Gasteiger partial charge is 0.469 e. The summed E-state index contributed by atoms with van der Waals surface area (Å²) in [4.78, 5) is 17.2. The fourth-order valence-corrected chi connectivity index (χ4v) is 2.64. The zero-order chi connectivity index (χ0) is 17.5. The van der Waals surface area contributed by atoms with Crippen LogP contribution in [0.2, 0.25) is 0 Å². The number of carbonyl (C=O) groups is 1. The fourth-order valence-electron chi connectivity index (χ4n) is 2.64. The second-order valence-electron chi connectivity index (χ2n) is 5.52. The average molecular weight is 334 g/mol. The standard InChI is InChI=1S/C18H20F2N2O2/c1-22(10-4-6-17(23)24-2)18(13-5-3-9-21-12-13)15-8-7-14(19)11-16(15)20/h3,5,7-9,11-12,18H,4,6,10H2,1-2H3/t18-/m1/s1. The maximum Gasteiger partial charge on any atom is 0.305 e. The van der Waals surface area contributed by atoms with Gasteiger partial charge in [-0.25, -0.2) is 8.78 Å². The van der Waals surface area contributed by atoms with Crippen molar-refractivity contribution in [3.63, 3.8) is 0 Å². The molecule has 0 amide bonds. The van der Waals surface area contributed by atoms with Gasteiger partial charge in [-0.2, -0.15) is 0 Å². The van der Waals surface area contributed by atoms with Gasteiger partial charge in [-0.05, 0) is 37.7 Å². The molecule has 1 aromatic heterocycles. The van der Waals surface area contributed by atoms with E-state index in [0.29, 0.717) is 18.5 Å². The number of ether oxygens (including phenoxy) is 1. The first-order valence-electron chi connectivity index (χ1n) is 7.65. The van der Waals surface area contributed by atoms with Gasteiger partial charge < -0.3 is 4.74 Å². The lowest BCUT2D eigenvalue weighted by molar-refractivity contribution is -0.140. The van der Waals surface area contributed by atoms with Gasteiger partial charge in [-0.3, -0.25) is 14.7 Å². The molecular formula is C18H20F2N2O2. The Morgan fingerprint density at radius 2 is 2.12 bits per heavy atom. The van der Waals surface area contributed by atoms with Crippen molar-refractivity contribution in [2.75, 3.05) is 20.7 Å². The molecule has 2 rings (SSSR count). The average Bonchev–Trinajstić information content (AvgIpc) is 2.58. The molecule has 0 saturated heterocycles. The first-order chi connectivity index (χ1) is 11.5. The SMILES string of the molecule is COC(=O)CCCN(C)[C@H](c1cccnc1)c1ccc(F)cc1F. The van der Waals surface area contributed by atoms with Crippen LogP contribution in [0.25, 0.3) is 0 Å². The van der Waals surface area contributed by atoms with Gasteiger partial charge in [0.25, 0.3) is 0 Å². The number of esters is 1. The summed E-state index contributed by atoms with van der Waals surface area (Å²) in [6.45, 7) is 0.547. The molecule has 0 aliphatic rings. The molecule has 0 unspecified atom stereocenters. The highest BCUT2D eigenvalue weighted by Gasteiger charge is 2.23. The molecule has 0 spiro atoms. The highest BCUT2D eigenvalue weighted by atomic mass is 19.1. The van der Waals surface area contributed by atoms with Crippen LogP contribution in [0.15, 0.2) is 42.7 Å². The summed E-state index contributed by atoms with van der Waals surface area (Å²) in [5, 5.41) is 0. The second kappa shape index (κ2) is 8.49. The summed E-state index contributed by atoms with van der Waals surface area (Å²) in [7, 11) is 3.18. The number of hydrogen-bond acceptors (Lipinski definition) is 4. The van der Waals surface area contributed by atoms with E-state index in [1.54, 1.807) is 18.5 Å². The molecule has 0 aliphatic carbocycles. The number of nitrogens with zero attached hydrogens (tertiary/aromatic N) is 2. The van der Waals surface area contributed by atoms with E-state index in [4.69, 9.17) is 0 Å². The van der Waals surface area contributed by atoms with Crippen molar-refractivity contribution in [2.24, 2.45) is 0 Å². The van der Waals surface area contributed by atoms with Gasteiger partial charge in [0.1, 0.15) is 11.6 Å². The predicted octanol–water partition coefficient (Wildman–Crippen LogP) is 3.33. The van der Waals surface area contributed by atoms with Gasteiger partial charge in [-0.1, -0.05) is 12.1 Å². The normalized spacial score (nSPS) is 12.2. The first-order valence-corrected chi connectivity index (χ1v) is 7.65. The van der Waals surface area contributed by atoms with Gasteiger partial charge in [0.05, 0.1) is 13.2 Å². The highest BCUT2D eigenvalue weighted by molar-refractivity contribution is 5.69. The maximum absolute atomic E-state index is 14.3. The molecule has 0 fully saturated rings. The van der Waals surface area contributed by atoms with Crippen molar-refractivity contribution in [3.05, 3.63) is 65.5 Å². The Hall–Kier alpha value is -2.34. The van der Waals surface area contributed by atoms with Crippen molar-refractivity contribution in [1.82, 2.24) is 9.88 Å². The van der Waals surface area contributed by atoms with E-state index in [-0.39, 0.29) is 12.4 Å². The first kappa shape index (κ1) is 18.0. The van der Waals surface area contributed by atoms with Crippen LogP contribution in [0, 0.1) is 11.6 Å². The minimum absolute atomic E-state index is 0.283. The Labute approximate surface area is 140 Å². The Morgan fingerprint density at radius 3 is 2.75 bits per heavy atom. The van der Waals surface area contributed by atoms with Crippen LogP contribution in [0.5, 0.6) is 0 Å². The van der Waals surface area contributed by atoms with Crippen LogP contribution in [0.1, 0.15) is 30.0 Å². The van der Waals surface area contributed by atoms with Crippen LogP contribution < -0.4 is 0 Å². The third-order valence-electron chi connectivity index (χ3n) is 3.82. The van der Waals surface area contributed by atoms with E-state index in [1.165, 1.54) is 19.2 Å². The van der Waals surface area contributed by atoms with E-state index >= 15 is 0 Å². The number of hydrogen-bond donors (Lipinski definition) is 0. The molecule has 1 aromatic carbocycles. The number of benzene rings is 1. The summed E-state index contributed by atoms with van der Waals surface area (Å²) in [6, 6.07) is 6.75. The second-order valence-corrected chi connectivity index (χ2v) is 5.52. The van der Waals surface area contributed by atoms with Gasteiger partial charge in [-0.15, -0.1) is 0 Å². The van der Waals surface area contributed by atoms with E-state index in [2.05, 4.69) is 9.72 Å². The van der Waals surface area contributed by atoms with Crippen molar-refractivity contribution in [2.45, 2.75) is 18.9 Å². The molecule has 24 heavy (non-hydrogen) atoms. The van der Waals surface area contributed by atoms with E-state index in [1.807, 2.05) is 18.0 Å². The number of pyridine rings is 1. The van der Waals surface area contributed by atoms with Crippen LogP contribution in [0.3, 0.4) is 0 Å². The topological polar surface area (TPSA) is 42.4 Å². The van der Waals surface area contributed by atoms with Crippen molar-refractivity contribution >= 4 is 5.97 Å². The van der Waals surface area contributed by atoms with Gasteiger partial charge in [0, 0.05) is 30.4 Å². The lowest BCUT2D eigenvalue weighted by Gasteiger charge is -2.29. The summed E-state index contributed by atoms with van der Waals surface area (Å²) < 4.78 is 32.1. The van der Waals surface area contributed by atoms with Gasteiger partial charge >= 0.3 is 5.97 Å². The number of aromatic nitrogens is 1.